The van der Waals surface area contributed by atoms with E-state index in [0.29, 0.717) is 0 Å². The molecule has 0 radical (unpaired) electrons. The van der Waals surface area contributed by atoms with Crippen LogP contribution in [0.4, 0.5) is 13.2 Å². The Morgan fingerprint density at radius 2 is 2.04 bits per heavy atom. The maximum Gasteiger partial charge on any atom is 0.416 e. The smallest absolute Gasteiger partial charge is 0.416 e. The number of pyridine rings is 1. The lowest BCUT2D eigenvalue weighted by Crippen LogP contribution is -2.55. The van der Waals surface area contributed by atoms with Gasteiger partial charge in [0.25, 0.3) is 10.0 Å². The molecule has 10 heteroatoms. The highest BCUT2D eigenvalue weighted by molar-refractivity contribution is 7.91. The van der Waals surface area contributed by atoms with Crippen molar-refractivity contribution in [1.82, 2.24) is 9.29 Å². The van der Waals surface area contributed by atoms with Gasteiger partial charge in [-0.1, -0.05) is 6.92 Å². The fraction of sp³-hybridized carbons (Fsp3) is 0.400. The second kappa shape index (κ2) is 6.58. The van der Waals surface area contributed by atoms with Crippen LogP contribution in [0.15, 0.2) is 34.7 Å². The third-order valence-corrected chi connectivity index (χ3v) is 7.27. The molecule has 0 unspecified atom stereocenters. The van der Waals surface area contributed by atoms with Crippen LogP contribution in [-0.4, -0.2) is 36.9 Å². The van der Waals surface area contributed by atoms with E-state index in [9.17, 15) is 21.6 Å². The average molecular weight is 392 g/mol. The van der Waals surface area contributed by atoms with Crippen molar-refractivity contribution in [2.45, 2.75) is 29.8 Å². The first kappa shape index (κ1) is 18.2. The van der Waals surface area contributed by atoms with Crippen molar-refractivity contribution in [3.8, 4) is 5.88 Å². The van der Waals surface area contributed by atoms with Crippen molar-refractivity contribution in [1.29, 1.82) is 0 Å². The topological polar surface area (TPSA) is 59.5 Å². The number of hydrogen-bond donors (Lipinski definition) is 0. The molecule has 0 spiro atoms. The monoisotopic (exact) mass is 392 g/mol. The number of sulfonamides is 1. The summed E-state index contributed by atoms with van der Waals surface area (Å²) in [7, 11) is -3.58. The van der Waals surface area contributed by atoms with Crippen molar-refractivity contribution in [2.24, 2.45) is 0 Å². The quantitative estimate of drug-likeness (QED) is 0.784. The highest BCUT2D eigenvalue weighted by Gasteiger charge is 2.39. The summed E-state index contributed by atoms with van der Waals surface area (Å²) in [5, 5.41) is 0. The molecule has 0 aliphatic carbocycles. The third kappa shape index (κ3) is 3.80. The molecule has 0 atom stereocenters. The summed E-state index contributed by atoms with van der Waals surface area (Å²) in [5.74, 6) is -0.165. The average Bonchev–Trinajstić information content (AvgIpc) is 2.99. The van der Waals surface area contributed by atoms with E-state index >= 15 is 0 Å². The molecule has 1 saturated heterocycles. The first-order chi connectivity index (χ1) is 11.7. The van der Waals surface area contributed by atoms with Gasteiger partial charge in [-0.25, -0.2) is 13.4 Å². The van der Waals surface area contributed by atoms with Gasteiger partial charge in [-0.05, 0) is 24.6 Å². The van der Waals surface area contributed by atoms with Crippen LogP contribution in [0, 0.1) is 0 Å². The van der Waals surface area contributed by atoms with Gasteiger partial charge in [0, 0.05) is 17.1 Å². The van der Waals surface area contributed by atoms with Crippen molar-refractivity contribution >= 4 is 21.4 Å². The van der Waals surface area contributed by atoms with Gasteiger partial charge in [0.2, 0.25) is 5.88 Å². The Kier molecular flexibility index (Phi) is 4.78. The Labute approximate surface area is 147 Å². The zero-order valence-corrected chi connectivity index (χ0v) is 14.8. The van der Waals surface area contributed by atoms with E-state index in [1.807, 2.05) is 6.92 Å². The minimum absolute atomic E-state index is 0.0830. The number of halogens is 3. The van der Waals surface area contributed by atoms with Gasteiger partial charge in [0.1, 0.15) is 10.3 Å². The Bertz CT molecular complexity index is 859. The number of alkyl halides is 3. The van der Waals surface area contributed by atoms with Gasteiger partial charge >= 0.3 is 6.18 Å². The number of hydrogen-bond acceptors (Lipinski definition) is 5. The minimum Gasteiger partial charge on any atom is -0.472 e. The van der Waals surface area contributed by atoms with E-state index in [4.69, 9.17) is 4.74 Å². The van der Waals surface area contributed by atoms with Crippen LogP contribution in [0.2, 0.25) is 0 Å². The van der Waals surface area contributed by atoms with Crippen LogP contribution in [0.1, 0.15) is 17.4 Å². The Morgan fingerprint density at radius 3 is 2.64 bits per heavy atom. The van der Waals surface area contributed by atoms with Crippen molar-refractivity contribution in [3.63, 3.8) is 0 Å². The SMILES string of the molecule is CCc1ccc(S(=O)(=O)N2CC(Oc3cc(C(F)(F)F)ccn3)C2)s1. The number of ether oxygens (including phenoxy) is 1. The lowest BCUT2D eigenvalue weighted by molar-refractivity contribution is -0.137. The van der Waals surface area contributed by atoms with Crippen molar-refractivity contribution in [3.05, 3.63) is 40.9 Å². The van der Waals surface area contributed by atoms with E-state index in [1.54, 1.807) is 12.1 Å². The number of aryl methyl sites for hydroxylation is 1. The summed E-state index contributed by atoms with van der Waals surface area (Å²) in [4.78, 5) is 4.72. The molecule has 3 heterocycles. The Hall–Kier alpha value is -1.65. The van der Waals surface area contributed by atoms with Gasteiger partial charge in [-0.15, -0.1) is 11.3 Å². The summed E-state index contributed by atoms with van der Waals surface area (Å²) in [6.07, 6.45) is -3.22. The molecule has 0 N–H and O–H groups in total. The highest BCUT2D eigenvalue weighted by atomic mass is 32.2. The van der Waals surface area contributed by atoms with Gasteiger partial charge in [0.15, 0.2) is 0 Å². The molecule has 5 nitrogen and oxygen atoms in total. The van der Waals surface area contributed by atoms with E-state index in [1.165, 1.54) is 15.6 Å². The van der Waals surface area contributed by atoms with Crippen LogP contribution in [0.5, 0.6) is 5.88 Å². The molecular weight excluding hydrogens is 377 g/mol. The van der Waals surface area contributed by atoms with Crippen molar-refractivity contribution < 1.29 is 26.3 Å². The largest absolute Gasteiger partial charge is 0.472 e. The maximum atomic E-state index is 12.7. The highest BCUT2D eigenvalue weighted by Crippen LogP contribution is 2.32. The normalized spacial score (nSPS) is 16.6. The molecule has 1 fully saturated rings. The maximum absolute atomic E-state index is 12.7. The summed E-state index contributed by atoms with van der Waals surface area (Å²) in [5.41, 5.74) is -0.855. The summed E-state index contributed by atoms with van der Waals surface area (Å²) in [6, 6.07) is 5.01. The van der Waals surface area contributed by atoms with E-state index in [-0.39, 0.29) is 23.2 Å². The second-order valence-electron chi connectivity index (χ2n) is 5.52. The first-order valence-electron chi connectivity index (χ1n) is 7.49. The molecule has 2 aromatic rings. The molecule has 25 heavy (non-hydrogen) atoms. The van der Waals surface area contributed by atoms with E-state index < -0.39 is 27.9 Å². The number of nitrogens with zero attached hydrogens (tertiary/aromatic N) is 2. The van der Waals surface area contributed by atoms with Crippen LogP contribution >= 0.6 is 11.3 Å². The van der Waals surface area contributed by atoms with Crippen LogP contribution in [0.3, 0.4) is 0 Å². The summed E-state index contributed by atoms with van der Waals surface area (Å²) >= 11 is 1.22. The Balaban J connectivity index is 1.63. The fourth-order valence-corrected chi connectivity index (χ4v) is 5.26. The van der Waals surface area contributed by atoms with E-state index in [2.05, 4.69) is 4.98 Å². The zero-order valence-electron chi connectivity index (χ0n) is 13.2. The van der Waals surface area contributed by atoms with Crippen LogP contribution in [-0.2, 0) is 22.6 Å². The molecule has 0 bridgehead atoms. The molecule has 2 aromatic heterocycles. The number of rotatable bonds is 5. The summed E-state index contributed by atoms with van der Waals surface area (Å²) in [6.45, 7) is 2.11. The zero-order chi connectivity index (χ0) is 18.2. The Morgan fingerprint density at radius 1 is 1.32 bits per heavy atom. The molecule has 1 aliphatic rings. The molecule has 1 aliphatic heterocycles. The molecule has 0 amide bonds. The van der Waals surface area contributed by atoms with Crippen LogP contribution < -0.4 is 4.74 Å². The van der Waals surface area contributed by atoms with Gasteiger partial charge < -0.3 is 4.74 Å². The lowest BCUT2D eigenvalue weighted by atomic mass is 10.2. The predicted octanol–water partition coefficient (Wildman–Crippen LogP) is 3.18. The molecule has 0 aromatic carbocycles. The lowest BCUT2D eigenvalue weighted by Gasteiger charge is -2.37. The number of aromatic nitrogens is 1. The fourth-order valence-electron chi connectivity index (χ4n) is 2.31. The summed E-state index contributed by atoms with van der Waals surface area (Å²) < 4.78 is 69.8. The molecule has 3 rings (SSSR count). The van der Waals surface area contributed by atoms with Gasteiger partial charge in [-0.3, -0.25) is 0 Å². The first-order valence-corrected chi connectivity index (χ1v) is 9.74. The number of thiophene rings is 1. The van der Waals surface area contributed by atoms with Crippen molar-refractivity contribution in [2.75, 3.05) is 13.1 Å². The van der Waals surface area contributed by atoms with Crippen LogP contribution in [0.25, 0.3) is 0 Å². The standard InChI is InChI=1S/C15H15F3N2O3S2/c1-2-12-3-4-14(24-12)25(21,22)20-8-11(9-20)23-13-7-10(5-6-19-13)15(16,17)18/h3-7,11H,2,8-9H2,1H3. The predicted molar refractivity (Wildman–Crippen MR) is 86.1 cm³/mol. The van der Waals surface area contributed by atoms with Gasteiger partial charge in [-0.2, -0.15) is 17.5 Å². The third-order valence-electron chi connectivity index (χ3n) is 3.74. The second-order valence-corrected chi connectivity index (χ2v) is 8.85. The minimum atomic E-state index is -4.48. The van der Waals surface area contributed by atoms with Gasteiger partial charge in [0.05, 0.1) is 18.7 Å². The molecule has 136 valence electrons. The molecular formula is C15H15F3N2O3S2. The van der Waals surface area contributed by atoms with E-state index in [0.717, 1.165) is 29.6 Å². The molecule has 0 saturated carbocycles.